The van der Waals surface area contributed by atoms with Crippen LogP contribution in [0.4, 0.5) is 4.39 Å². The number of benzene rings is 1. The Morgan fingerprint density at radius 1 is 1.26 bits per heavy atom. The van der Waals surface area contributed by atoms with E-state index in [9.17, 15) is 14.0 Å². The lowest BCUT2D eigenvalue weighted by atomic mass is 9.92. The Balaban J connectivity index is 1.42. The molecule has 1 aromatic heterocycles. The van der Waals surface area contributed by atoms with E-state index in [-0.39, 0.29) is 17.5 Å². The van der Waals surface area contributed by atoms with Gasteiger partial charge in [0.15, 0.2) is 0 Å². The van der Waals surface area contributed by atoms with Crippen molar-refractivity contribution in [3.8, 4) is 5.69 Å². The van der Waals surface area contributed by atoms with Crippen molar-refractivity contribution in [3.63, 3.8) is 0 Å². The zero-order valence-electron chi connectivity index (χ0n) is 15.1. The summed E-state index contributed by atoms with van der Waals surface area (Å²) in [4.78, 5) is 26.5. The monoisotopic (exact) mass is 374 g/mol. The number of H-pyrrole nitrogens is 1. The van der Waals surface area contributed by atoms with Crippen molar-refractivity contribution in [2.24, 2.45) is 11.8 Å². The van der Waals surface area contributed by atoms with E-state index >= 15 is 0 Å². The first-order valence-corrected chi connectivity index (χ1v) is 9.41. The first-order chi connectivity index (χ1) is 13.1. The summed E-state index contributed by atoms with van der Waals surface area (Å²) in [5.74, 6) is 0.559. The Kier molecular flexibility index (Phi) is 5.07. The average Bonchev–Trinajstić information content (AvgIpc) is 3.33. The second-order valence-corrected chi connectivity index (χ2v) is 7.27. The summed E-state index contributed by atoms with van der Waals surface area (Å²) in [5.41, 5.74) is -0.232. The standard InChI is InChI=1S/C19H23FN4O3/c20-15-3-1-2-4-16(15)24-17(21-22-19(24)26)11-13-5-8-23(9-6-13)18(25)14-7-10-27-12-14/h1-4,13-14H,5-12H2,(H,22,26)/t14-/m0/s1. The van der Waals surface area contributed by atoms with Crippen molar-refractivity contribution in [1.29, 1.82) is 0 Å². The molecule has 0 spiro atoms. The summed E-state index contributed by atoms with van der Waals surface area (Å²) in [6.45, 7) is 2.60. The van der Waals surface area contributed by atoms with Crippen molar-refractivity contribution in [3.05, 3.63) is 46.4 Å². The lowest BCUT2D eigenvalue weighted by molar-refractivity contribution is -0.136. The third-order valence-electron chi connectivity index (χ3n) is 5.51. The molecule has 0 unspecified atom stereocenters. The number of carbonyl (C=O) groups excluding carboxylic acids is 1. The normalized spacial score (nSPS) is 20.9. The van der Waals surface area contributed by atoms with Crippen LogP contribution in [0.25, 0.3) is 5.69 Å². The van der Waals surface area contributed by atoms with Crippen LogP contribution >= 0.6 is 0 Å². The molecule has 8 heteroatoms. The molecule has 1 amide bonds. The third kappa shape index (κ3) is 3.66. The molecule has 0 aliphatic carbocycles. The average molecular weight is 374 g/mol. The minimum atomic E-state index is -0.457. The van der Waals surface area contributed by atoms with Gasteiger partial charge in [-0.25, -0.2) is 18.9 Å². The molecule has 144 valence electrons. The number of hydrogen-bond acceptors (Lipinski definition) is 4. The van der Waals surface area contributed by atoms with Gasteiger partial charge < -0.3 is 9.64 Å². The van der Waals surface area contributed by atoms with Crippen LogP contribution in [0.1, 0.15) is 25.1 Å². The van der Waals surface area contributed by atoms with Crippen molar-refractivity contribution in [2.45, 2.75) is 25.7 Å². The Hall–Kier alpha value is -2.48. The highest BCUT2D eigenvalue weighted by molar-refractivity contribution is 5.79. The number of nitrogens with one attached hydrogen (secondary N) is 1. The molecule has 27 heavy (non-hydrogen) atoms. The summed E-state index contributed by atoms with van der Waals surface area (Å²) in [5, 5.41) is 6.54. The first-order valence-electron chi connectivity index (χ1n) is 9.41. The molecule has 2 fully saturated rings. The Morgan fingerprint density at radius 2 is 2.04 bits per heavy atom. The molecular formula is C19H23FN4O3. The molecule has 1 aromatic carbocycles. The van der Waals surface area contributed by atoms with E-state index < -0.39 is 11.5 Å². The van der Waals surface area contributed by atoms with Gasteiger partial charge in [-0.1, -0.05) is 12.1 Å². The number of carbonyl (C=O) groups is 1. The number of rotatable bonds is 4. The van der Waals surface area contributed by atoms with Gasteiger partial charge in [0, 0.05) is 26.1 Å². The fourth-order valence-corrected chi connectivity index (χ4v) is 3.95. The van der Waals surface area contributed by atoms with E-state index in [2.05, 4.69) is 10.2 Å². The maximum atomic E-state index is 14.1. The molecular weight excluding hydrogens is 351 g/mol. The number of para-hydroxylation sites is 1. The Morgan fingerprint density at radius 3 is 2.74 bits per heavy atom. The first kappa shape index (κ1) is 17.9. The number of aromatic nitrogens is 3. The van der Waals surface area contributed by atoms with Gasteiger partial charge in [-0.2, -0.15) is 5.10 Å². The van der Waals surface area contributed by atoms with E-state index in [1.165, 1.54) is 10.6 Å². The number of nitrogens with zero attached hydrogens (tertiary/aromatic N) is 3. The molecule has 0 saturated carbocycles. The Labute approximate surface area is 156 Å². The summed E-state index contributed by atoms with van der Waals surface area (Å²) in [7, 11) is 0. The van der Waals surface area contributed by atoms with Crippen LogP contribution in [0.2, 0.25) is 0 Å². The van der Waals surface area contributed by atoms with Crippen molar-refractivity contribution in [2.75, 3.05) is 26.3 Å². The predicted molar refractivity (Wildman–Crippen MR) is 96.1 cm³/mol. The van der Waals surface area contributed by atoms with E-state index in [0.717, 1.165) is 19.3 Å². The predicted octanol–water partition coefficient (Wildman–Crippen LogP) is 1.52. The number of likely N-dealkylation sites (tertiary alicyclic amines) is 1. The number of aromatic amines is 1. The van der Waals surface area contributed by atoms with Gasteiger partial charge in [-0.3, -0.25) is 4.79 Å². The molecule has 4 rings (SSSR count). The van der Waals surface area contributed by atoms with E-state index in [0.29, 0.717) is 44.5 Å². The second-order valence-electron chi connectivity index (χ2n) is 7.27. The largest absolute Gasteiger partial charge is 0.381 e. The maximum absolute atomic E-state index is 14.1. The Bertz CT molecular complexity index is 864. The topological polar surface area (TPSA) is 80.2 Å². The highest BCUT2D eigenvalue weighted by Crippen LogP contribution is 2.24. The molecule has 1 atom stereocenters. The van der Waals surface area contributed by atoms with Crippen LogP contribution < -0.4 is 5.69 Å². The highest BCUT2D eigenvalue weighted by atomic mass is 19.1. The van der Waals surface area contributed by atoms with Gasteiger partial charge in [0.2, 0.25) is 5.91 Å². The molecule has 2 saturated heterocycles. The lowest BCUT2D eigenvalue weighted by Crippen LogP contribution is -2.42. The van der Waals surface area contributed by atoms with Crippen molar-refractivity contribution >= 4 is 5.91 Å². The lowest BCUT2D eigenvalue weighted by Gasteiger charge is -2.33. The van der Waals surface area contributed by atoms with Crippen LogP contribution in [0.5, 0.6) is 0 Å². The zero-order chi connectivity index (χ0) is 18.8. The van der Waals surface area contributed by atoms with Gasteiger partial charge in [0.05, 0.1) is 18.2 Å². The van der Waals surface area contributed by atoms with Gasteiger partial charge in [0.25, 0.3) is 0 Å². The van der Waals surface area contributed by atoms with Crippen LogP contribution in [0, 0.1) is 17.7 Å². The zero-order valence-corrected chi connectivity index (χ0v) is 15.1. The minimum absolute atomic E-state index is 0.000809. The molecule has 3 heterocycles. The summed E-state index contributed by atoms with van der Waals surface area (Å²) < 4.78 is 20.7. The third-order valence-corrected chi connectivity index (χ3v) is 5.51. The highest BCUT2D eigenvalue weighted by Gasteiger charge is 2.31. The number of ether oxygens (including phenoxy) is 1. The molecule has 2 aliphatic heterocycles. The smallest absolute Gasteiger partial charge is 0.348 e. The number of hydrogen-bond donors (Lipinski definition) is 1. The molecule has 0 radical (unpaired) electrons. The van der Waals surface area contributed by atoms with Crippen molar-refractivity contribution < 1.29 is 13.9 Å². The maximum Gasteiger partial charge on any atom is 0.348 e. The quantitative estimate of drug-likeness (QED) is 0.880. The molecule has 1 N–H and O–H groups in total. The van der Waals surface area contributed by atoms with Gasteiger partial charge in [-0.05, 0) is 37.3 Å². The molecule has 0 bridgehead atoms. The summed E-state index contributed by atoms with van der Waals surface area (Å²) in [6, 6.07) is 6.18. The van der Waals surface area contributed by atoms with Gasteiger partial charge >= 0.3 is 5.69 Å². The summed E-state index contributed by atoms with van der Waals surface area (Å²) in [6.07, 6.45) is 3.07. The fourth-order valence-electron chi connectivity index (χ4n) is 3.95. The molecule has 2 aromatic rings. The van der Waals surface area contributed by atoms with E-state index in [1.807, 2.05) is 4.90 Å². The van der Waals surface area contributed by atoms with Gasteiger partial charge in [0.1, 0.15) is 11.6 Å². The van der Waals surface area contributed by atoms with Crippen LogP contribution in [-0.4, -0.2) is 51.9 Å². The molecule has 2 aliphatic rings. The SMILES string of the molecule is O=C([C@H]1CCOC1)N1CCC(Cc2n[nH]c(=O)n2-c2ccccc2F)CC1. The summed E-state index contributed by atoms with van der Waals surface area (Å²) >= 11 is 0. The number of halogens is 1. The second kappa shape index (κ2) is 7.64. The van der Waals surface area contributed by atoms with Crippen LogP contribution in [0.15, 0.2) is 29.1 Å². The minimum Gasteiger partial charge on any atom is -0.381 e. The van der Waals surface area contributed by atoms with Crippen LogP contribution in [0.3, 0.4) is 0 Å². The number of piperidine rings is 1. The fraction of sp³-hybridized carbons (Fsp3) is 0.526. The van der Waals surface area contributed by atoms with Crippen molar-refractivity contribution in [1.82, 2.24) is 19.7 Å². The van der Waals surface area contributed by atoms with E-state index in [4.69, 9.17) is 4.74 Å². The van der Waals surface area contributed by atoms with Gasteiger partial charge in [-0.15, -0.1) is 0 Å². The van der Waals surface area contributed by atoms with E-state index in [1.54, 1.807) is 18.2 Å². The number of amides is 1. The molecule has 7 nitrogen and oxygen atoms in total. The van der Waals surface area contributed by atoms with Crippen LogP contribution in [-0.2, 0) is 16.0 Å².